The normalized spacial score (nSPS) is 20.4. The highest BCUT2D eigenvalue weighted by atomic mass is 16.2. The van der Waals surface area contributed by atoms with Crippen molar-refractivity contribution in [3.63, 3.8) is 0 Å². The minimum Gasteiger partial charge on any atom is -0.336 e. The van der Waals surface area contributed by atoms with Crippen molar-refractivity contribution in [1.82, 2.24) is 30.4 Å². The maximum absolute atomic E-state index is 12.4. The van der Waals surface area contributed by atoms with E-state index in [1.807, 2.05) is 28.9 Å². The number of benzene rings is 1. The third-order valence-corrected chi connectivity index (χ3v) is 5.98. The summed E-state index contributed by atoms with van der Waals surface area (Å²) in [5.41, 5.74) is 1.64. The summed E-state index contributed by atoms with van der Waals surface area (Å²) in [5, 5.41) is 18.0. The average Bonchev–Trinajstić information content (AvgIpc) is 3.44. The van der Waals surface area contributed by atoms with Crippen molar-refractivity contribution in [2.45, 2.75) is 58.0 Å². The number of carbonyl (C=O) groups excluding carboxylic acids is 1. The van der Waals surface area contributed by atoms with E-state index in [1.54, 1.807) is 0 Å². The van der Waals surface area contributed by atoms with Gasteiger partial charge in [0.1, 0.15) is 0 Å². The number of likely N-dealkylation sites (tertiary alicyclic amines) is 1. The number of hydrogen-bond acceptors (Lipinski definition) is 5. The van der Waals surface area contributed by atoms with Crippen LogP contribution in [0.2, 0.25) is 0 Å². The molecule has 2 aromatic rings. The molecule has 4 rings (SSSR count). The van der Waals surface area contributed by atoms with Crippen LogP contribution < -0.4 is 10.6 Å². The fourth-order valence-corrected chi connectivity index (χ4v) is 3.97. The zero-order chi connectivity index (χ0) is 20.4. The topological polar surface area (TPSA) is 88.0 Å². The van der Waals surface area contributed by atoms with Gasteiger partial charge in [-0.25, -0.2) is 9.48 Å². The molecule has 0 unspecified atom stereocenters. The third-order valence-electron chi connectivity index (χ3n) is 5.98. The van der Waals surface area contributed by atoms with Crippen LogP contribution >= 0.6 is 0 Å². The molecule has 1 aliphatic heterocycles. The minimum absolute atomic E-state index is 0.0598. The summed E-state index contributed by atoms with van der Waals surface area (Å²) in [6.07, 6.45) is 4.78. The summed E-state index contributed by atoms with van der Waals surface area (Å²) in [6, 6.07) is 7.91. The van der Waals surface area contributed by atoms with Gasteiger partial charge >= 0.3 is 6.03 Å². The lowest BCUT2D eigenvalue weighted by atomic mass is 9.93. The number of tetrazole rings is 1. The molecule has 0 spiro atoms. The van der Waals surface area contributed by atoms with Gasteiger partial charge in [-0.3, -0.25) is 4.90 Å². The van der Waals surface area contributed by atoms with E-state index < -0.39 is 0 Å². The molecule has 29 heavy (non-hydrogen) atoms. The zero-order valence-electron chi connectivity index (χ0n) is 17.6. The lowest BCUT2D eigenvalue weighted by molar-refractivity contribution is 0.0728. The molecule has 8 heteroatoms. The Bertz CT molecular complexity index is 841. The highest BCUT2D eigenvalue weighted by Crippen LogP contribution is 2.36. The lowest BCUT2D eigenvalue weighted by Gasteiger charge is -2.43. The van der Waals surface area contributed by atoms with Crippen LogP contribution in [-0.4, -0.2) is 56.3 Å². The highest BCUT2D eigenvalue weighted by Gasteiger charge is 2.30. The quantitative estimate of drug-likeness (QED) is 0.781. The molecule has 0 radical (unpaired) electrons. The number of urea groups is 1. The van der Waals surface area contributed by atoms with Gasteiger partial charge in [0.05, 0.1) is 6.04 Å². The van der Waals surface area contributed by atoms with E-state index in [1.165, 1.54) is 12.8 Å². The summed E-state index contributed by atoms with van der Waals surface area (Å²) in [5.74, 6) is 1.50. The second kappa shape index (κ2) is 8.10. The smallest absolute Gasteiger partial charge is 0.319 e. The summed E-state index contributed by atoms with van der Waals surface area (Å²) >= 11 is 0. The van der Waals surface area contributed by atoms with E-state index in [4.69, 9.17) is 0 Å². The Labute approximate surface area is 172 Å². The molecule has 156 valence electrons. The van der Waals surface area contributed by atoms with Crippen molar-refractivity contribution in [1.29, 1.82) is 0 Å². The number of nitrogens with zero attached hydrogens (tertiary/aromatic N) is 5. The molecule has 2 fully saturated rings. The Balaban J connectivity index is 1.31. The number of piperidine rings is 1. The standard InChI is InChI=1S/C21H31N7O/c1-15-5-4-12-27(13-15)21(2,3)14-22-20(29)23-17-8-6-16(7-9-17)19-24-25-26-28(19)18-10-11-18/h6-9,15,18H,4-5,10-14H2,1-3H3,(H2,22,23,29)/t15-/m0/s1. The fourth-order valence-electron chi connectivity index (χ4n) is 3.97. The Morgan fingerprint density at radius 2 is 1.97 bits per heavy atom. The van der Waals surface area contributed by atoms with E-state index in [0.29, 0.717) is 12.6 Å². The minimum atomic E-state index is -0.182. The molecule has 1 saturated heterocycles. The maximum atomic E-state index is 12.4. The van der Waals surface area contributed by atoms with E-state index in [0.717, 1.165) is 48.9 Å². The highest BCUT2D eigenvalue weighted by molar-refractivity contribution is 5.89. The van der Waals surface area contributed by atoms with Crippen LogP contribution in [0.3, 0.4) is 0 Å². The number of hydrogen-bond donors (Lipinski definition) is 2. The molecule has 1 aliphatic carbocycles. The second-order valence-electron chi connectivity index (χ2n) is 9.07. The van der Waals surface area contributed by atoms with Crippen molar-refractivity contribution in [2.75, 3.05) is 25.0 Å². The molecule has 2 N–H and O–H groups in total. The number of aromatic nitrogens is 4. The Morgan fingerprint density at radius 1 is 1.21 bits per heavy atom. The molecule has 0 bridgehead atoms. The molecular formula is C21H31N7O. The van der Waals surface area contributed by atoms with Gasteiger partial charge < -0.3 is 10.6 Å². The second-order valence-corrected chi connectivity index (χ2v) is 9.07. The number of rotatable bonds is 6. The predicted molar refractivity (Wildman–Crippen MR) is 113 cm³/mol. The van der Waals surface area contributed by atoms with Crippen LogP contribution in [-0.2, 0) is 0 Å². The molecule has 2 aliphatic rings. The Hall–Kier alpha value is -2.48. The van der Waals surface area contributed by atoms with Gasteiger partial charge in [-0.2, -0.15) is 0 Å². The van der Waals surface area contributed by atoms with Gasteiger partial charge in [-0.05, 0) is 86.7 Å². The van der Waals surface area contributed by atoms with Gasteiger partial charge in [-0.1, -0.05) is 6.92 Å². The molecular weight excluding hydrogens is 366 g/mol. The van der Waals surface area contributed by atoms with Gasteiger partial charge in [0, 0.05) is 29.9 Å². The van der Waals surface area contributed by atoms with E-state index in [-0.39, 0.29) is 11.6 Å². The average molecular weight is 398 g/mol. The summed E-state index contributed by atoms with van der Waals surface area (Å²) in [7, 11) is 0. The van der Waals surface area contributed by atoms with Crippen molar-refractivity contribution in [3.8, 4) is 11.4 Å². The van der Waals surface area contributed by atoms with E-state index >= 15 is 0 Å². The molecule has 2 amide bonds. The summed E-state index contributed by atoms with van der Waals surface area (Å²) < 4.78 is 1.89. The van der Waals surface area contributed by atoms with Crippen LogP contribution in [0, 0.1) is 5.92 Å². The predicted octanol–water partition coefficient (Wildman–Crippen LogP) is 3.31. The number of carbonyl (C=O) groups is 1. The maximum Gasteiger partial charge on any atom is 0.319 e. The molecule has 1 aromatic heterocycles. The summed E-state index contributed by atoms with van der Waals surface area (Å²) in [6.45, 7) is 9.50. The first-order valence-corrected chi connectivity index (χ1v) is 10.6. The first-order valence-electron chi connectivity index (χ1n) is 10.6. The van der Waals surface area contributed by atoms with Gasteiger partial charge in [-0.15, -0.1) is 5.10 Å². The molecule has 1 aromatic carbocycles. The fraction of sp³-hybridized carbons (Fsp3) is 0.619. The lowest BCUT2D eigenvalue weighted by Crippen LogP contribution is -2.55. The van der Waals surface area contributed by atoms with E-state index in [9.17, 15) is 4.79 Å². The Kier molecular flexibility index (Phi) is 5.54. The molecule has 1 saturated carbocycles. The van der Waals surface area contributed by atoms with Crippen LogP contribution in [0.15, 0.2) is 24.3 Å². The molecule has 2 heterocycles. The third kappa shape index (κ3) is 4.75. The SMILES string of the molecule is C[C@H]1CCCN(C(C)(C)CNC(=O)Nc2ccc(-c3nnnn3C3CC3)cc2)C1. The van der Waals surface area contributed by atoms with Crippen LogP contribution in [0.5, 0.6) is 0 Å². The summed E-state index contributed by atoms with van der Waals surface area (Å²) in [4.78, 5) is 14.9. The Morgan fingerprint density at radius 3 is 2.66 bits per heavy atom. The number of anilines is 1. The van der Waals surface area contributed by atoms with Crippen LogP contribution in [0.25, 0.3) is 11.4 Å². The first kappa shape index (κ1) is 19.8. The monoisotopic (exact) mass is 397 g/mol. The first-order chi connectivity index (χ1) is 13.9. The van der Waals surface area contributed by atoms with Crippen molar-refractivity contribution in [2.24, 2.45) is 5.92 Å². The van der Waals surface area contributed by atoms with Crippen LogP contribution in [0.1, 0.15) is 52.5 Å². The molecule has 8 nitrogen and oxygen atoms in total. The number of amides is 2. The van der Waals surface area contributed by atoms with Crippen molar-refractivity contribution in [3.05, 3.63) is 24.3 Å². The van der Waals surface area contributed by atoms with Crippen molar-refractivity contribution < 1.29 is 4.79 Å². The van der Waals surface area contributed by atoms with E-state index in [2.05, 4.69) is 51.8 Å². The van der Waals surface area contributed by atoms with Gasteiger partial charge in [0.2, 0.25) is 0 Å². The zero-order valence-corrected chi connectivity index (χ0v) is 17.6. The van der Waals surface area contributed by atoms with Gasteiger partial charge in [0.25, 0.3) is 0 Å². The molecule has 1 atom stereocenters. The van der Waals surface area contributed by atoms with Crippen LogP contribution in [0.4, 0.5) is 10.5 Å². The van der Waals surface area contributed by atoms with Crippen molar-refractivity contribution >= 4 is 11.7 Å². The largest absolute Gasteiger partial charge is 0.336 e. The van der Waals surface area contributed by atoms with Gasteiger partial charge in [0.15, 0.2) is 5.82 Å². The number of nitrogens with one attached hydrogen (secondary N) is 2.